The summed E-state index contributed by atoms with van der Waals surface area (Å²) in [6.07, 6.45) is 1.15. The lowest BCUT2D eigenvalue weighted by molar-refractivity contribution is 0.198. The van der Waals surface area contributed by atoms with Crippen LogP contribution in [-0.4, -0.2) is 37.2 Å². The van der Waals surface area contributed by atoms with E-state index in [1.807, 2.05) is 0 Å². The van der Waals surface area contributed by atoms with Crippen molar-refractivity contribution in [3.8, 4) is 5.75 Å². The summed E-state index contributed by atoms with van der Waals surface area (Å²) in [7, 11) is 0. The van der Waals surface area contributed by atoms with Crippen LogP contribution in [0.2, 0.25) is 0 Å². The molecule has 5 heteroatoms. The van der Waals surface area contributed by atoms with Gasteiger partial charge in [0.2, 0.25) is 0 Å². The van der Waals surface area contributed by atoms with E-state index < -0.39 is 0 Å². The van der Waals surface area contributed by atoms with Crippen molar-refractivity contribution >= 4 is 12.4 Å². The topological polar surface area (TPSA) is 38.5 Å². The van der Waals surface area contributed by atoms with Crippen molar-refractivity contribution in [3.63, 3.8) is 0 Å². The fraction of sp³-hybridized carbons (Fsp3) is 0.571. The van der Waals surface area contributed by atoms with Crippen molar-refractivity contribution in [1.29, 1.82) is 0 Å². The Morgan fingerprint density at radius 1 is 1.42 bits per heavy atom. The van der Waals surface area contributed by atoms with Gasteiger partial charge in [0.1, 0.15) is 6.61 Å². The number of halogens is 2. The smallest absolute Gasteiger partial charge is 0.165 e. The fourth-order valence-corrected chi connectivity index (χ4v) is 2.53. The predicted octanol–water partition coefficient (Wildman–Crippen LogP) is 2.30. The lowest BCUT2D eigenvalue weighted by Gasteiger charge is -2.21. The zero-order valence-electron chi connectivity index (χ0n) is 11.2. The molecule has 2 N–H and O–H groups in total. The normalized spacial score (nSPS) is 23.1. The Morgan fingerprint density at radius 3 is 2.79 bits per heavy atom. The Labute approximate surface area is 120 Å². The molecule has 2 unspecified atom stereocenters. The number of para-hydroxylation sites is 1. The van der Waals surface area contributed by atoms with Crippen molar-refractivity contribution in [3.05, 3.63) is 30.1 Å². The molecular weight excluding hydrogens is 267 g/mol. The van der Waals surface area contributed by atoms with Crippen LogP contribution in [0.15, 0.2) is 24.3 Å². The van der Waals surface area contributed by atoms with E-state index in [2.05, 4.69) is 11.8 Å². The van der Waals surface area contributed by atoms with Crippen molar-refractivity contribution in [2.24, 2.45) is 11.7 Å². The molecule has 0 saturated carbocycles. The van der Waals surface area contributed by atoms with Gasteiger partial charge in [-0.1, -0.05) is 12.1 Å². The van der Waals surface area contributed by atoms with Gasteiger partial charge < -0.3 is 10.5 Å². The number of likely N-dealkylation sites (tertiary alicyclic amines) is 1. The average molecular weight is 289 g/mol. The molecule has 0 spiro atoms. The van der Waals surface area contributed by atoms with Crippen LogP contribution in [0, 0.1) is 11.7 Å². The summed E-state index contributed by atoms with van der Waals surface area (Å²) in [6, 6.07) is 7.06. The molecule has 108 valence electrons. The van der Waals surface area contributed by atoms with Crippen molar-refractivity contribution in [2.75, 3.05) is 26.2 Å². The first-order valence-electron chi connectivity index (χ1n) is 6.52. The van der Waals surface area contributed by atoms with E-state index >= 15 is 0 Å². The molecule has 1 aromatic rings. The first kappa shape index (κ1) is 16.2. The van der Waals surface area contributed by atoms with Gasteiger partial charge in [0, 0.05) is 19.1 Å². The monoisotopic (exact) mass is 288 g/mol. The maximum Gasteiger partial charge on any atom is 0.165 e. The van der Waals surface area contributed by atoms with E-state index in [-0.39, 0.29) is 18.2 Å². The predicted molar refractivity (Wildman–Crippen MR) is 77.3 cm³/mol. The highest BCUT2D eigenvalue weighted by Crippen LogP contribution is 2.22. The fourth-order valence-electron chi connectivity index (χ4n) is 2.53. The van der Waals surface area contributed by atoms with Gasteiger partial charge in [0.05, 0.1) is 0 Å². The van der Waals surface area contributed by atoms with Crippen LogP contribution in [0.3, 0.4) is 0 Å². The Bertz CT molecular complexity index is 391. The molecule has 1 aliphatic rings. The summed E-state index contributed by atoms with van der Waals surface area (Å²) in [5, 5.41) is 0. The van der Waals surface area contributed by atoms with Gasteiger partial charge in [-0.15, -0.1) is 12.4 Å². The first-order valence-corrected chi connectivity index (χ1v) is 6.52. The summed E-state index contributed by atoms with van der Waals surface area (Å²) < 4.78 is 18.8. The van der Waals surface area contributed by atoms with Crippen molar-refractivity contribution in [2.45, 2.75) is 19.4 Å². The van der Waals surface area contributed by atoms with Gasteiger partial charge in [-0.3, -0.25) is 4.90 Å². The van der Waals surface area contributed by atoms with Crippen LogP contribution in [0.5, 0.6) is 5.75 Å². The highest BCUT2D eigenvalue weighted by Gasteiger charge is 2.27. The number of rotatable bonds is 5. The largest absolute Gasteiger partial charge is 0.489 e. The van der Waals surface area contributed by atoms with Crippen LogP contribution >= 0.6 is 12.4 Å². The number of ether oxygens (including phenoxy) is 1. The molecule has 1 aromatic carbocycles. The second-order valence-electron chi connectivity index (χ2n) is 4.96. The van der Waals surface area contributed by atoms with Crippen LogP contribution in [0.1, 0.15) is 13.3 Å². The number of hydrogen-bond acceptors (Lipinski definition) is 3. The standard InChI is InChI=1S/C14H21FN2O.ClH/c1-11-8-12(9-16)10-17(11)6-7-18-14-5-3-2-4-13(14)15;/h2-5,11-12H,6-10,16H2,1H3;1H. The number of hydrogen-bond donors (Lipinski definition) is 1. The van der Waals surface area contributed by atoms with Crippen LogP contribution in [-0.2, 0) is 0 Å². The van der Waals surface area contributed by atoms with Gasteiger partial charge in [-0.2, -0.15) is 0 Å². The lowest BCUT2D eigenvalue weighted by Crippen LogP contribution is -2.32. The number of nitrogens with two attached hydrogens (primary N) is 1. The first-order chi connectivity index (χ1) is 8.70. The van der Waals surface area contributed by atoms with Gasteiger partial charge in [-0.25, -0.2) is 4.39 Å². The highest BCUT2D eigenvalue weighted by atomic mass is 35.5. The molecule has 0 radical (unpaired) electrons. The van der Waals surface area contributed by atoms with E-state index in [4.69, 9.17) is 10.5 Å². The third-order valence-corrected chi connectivity index (χ3v) is 3.60. The van der Waals surface area contributed by atoms with Crippen LogP contribution in [0.25, 0.3) is 0 Å². The van der Waals surface area contributed by atoms with Crippen LogP contribution < -0.4 is 10.5 Å². The Hall–Kier alpha value is -0.840. The molecule has 1 saturated heterocycles. The number of nitrogens with zero attached hydrogens (tertiary/aromatic N) is 1. The van der Waals surface area contributed by atoms with E-state index in [0.29, 0.717) is 24.3 Å². The summed E-state index contributed by atoms with van der Waals surface area (Å²) in [5.41, 5.74) is 5.69. The Morgan fingerprint density at radius 2 is 2.16 bits per heavy atom. The summed E-state index contributed by atoms with van der Waals surface area (Å²) in [5.74, 6) is 0.625. The zero-order chi connectivity index (χ0) is 13.0. The molecule has 2 rings (SSSR count). The third-order valence-electron chi connectivity index (χ3n) is 3.60. The number of benzene rings is 1. The second kappa shape index (κ2) is 7.68. The summed E-state index contributed by atoms with van der Waals surface area (Å²) in [4.78, 5) is 2.36. The van der Waals surface area contributed by atoms with Crippen LogP contribution in [0.4, 0.5) is 4.39 Å². The molecular formula is C14H22ClFN2O. The Kier molecular flexibility index (Phi) is 6.55. The molecule has 0 aliphatic carbocycles. The van der Waals surface area contributed by atoms with Gasteiger partial charge in [0.25, 0.3) is 0 Å². The quantitative estimate of drug-likeness (QED) is 0.903. The van der Waals surface area contributed by atoms with E-state index in [1.54, 1.807) is 18.2 Å². The van der Waals surface area contributed by atoms with E-state index in [0.717, 1.165) is 26.1 Å². The minimum absolute atomic E-state index is 0. The average Bonchev–Trinajstić information content (AvgIpc) is 2.73. The van der Waals surface area contributed by atoms with Gasteiger partial charge in [-0.05, 0) is 37.9 Å². The summed E-state index contributed by atoms with van der Waals surface area (Å²) in [6.45, 7) is 5.32. The van der Waals surface area contributed by atoms with Gasteiger partial charge >= 0.3 is 0 Å². The Balaban J connectivity index is 0.00000180. The molecule has 1 fully saturated rings. The molecule has 3 nitrogen and oxygen atoms in total. The van der Waals surface area contributed by atoms with E-state index in [9.17, 15) is 4.39 Å². The van der Waals surface area contributed by atoms with Crippen molar-refractivity contribution in [1.82, 2.24) is 4.90 Å². The summed E-state index contributed by atoms with van der Waals surface area (Å²) >= 11 is 0. The minimum Gasteiger partial charge on any atom is -0.489 e. The highest BCUT2D eigenvalue weighted by molar-refractivity contribution is 5.85. The minimum atomic E-state index is -0.299. The molecule has 1 heterocycles. The van der Waals surface area contributed by atoms with E-state index in [1.165, 1.54) is 6.07 Å². The van der Waals surface area contributed by atoms with Gasteiger partial charge in [0.15, 0.2) is 11.6 Å². The third kappa shape index (κ3) is 4.34. The molecule has 19 heavy (non-hydrogen) atoms. The lowest BCUT2D eigenvalue weighted by atomic mass is 10.1. The second-order valence-corrected chi connectivity index (χ2v) is 4.96. The molecule has 0 amide bonds. The maximum atomic E-state index is 13.3. The molecule has 2 atom stereocenters. The molecule has 0 aromatic heterocycles. The molecule has 1 aliphatic heterocycles. The SMILES string of the molecule is CC1CC(CN)CN1CCOc1ccccc1F.Cl. The zero-order valence-corrected chi connectivity index (χ0v) is 12.0. The maximum absolute atomic E-state index is 13.3. The van der Waals surface area contributed by atoms with Crippen molar-refractivity contribution < 1.29 is 9.13 Å². The molecule has 0 bridgehead atoms.